The van der Waals surface area contributed by atoms with Crippen molar-refractivity contribution in [3.8, 4) is 0 Å². The number of aryl methyl sites for hydroxylation is 1. The lowest BCUT2D eigenvalue weighted by Gasteiger charge is -2.14. The first-order chi connectivity index (χ1) is 7.20. The molecule has 1 heterocycles. The van der Waals surface area contributed by atoms with Crippen LogP contribution >= 0.6 is 0 Å². The number of likely N-dealkylation sites (N-methyl/N-ethyl adjacent to an activating group) is 1. The van der Waals surface area contributed by atoms with Crippen LogP contribution in [-0.4, -0.2) is 31.1 Å². The topological polar surface area (TPSA) is 29.3 Å². The number of hydrogen-bond donors (Lipinski definition) is 1. The lowest BCUT2D eigenvalue weighted by molar-refractivity contribution is 0.407. The largest absolute Gasteiger partial charge is 0.326 e. The average Bonchev–Trinajstić information content (AvgIpc) is 2.58. The summed E-state index contributed by atoms with van der Waals surface area (Å²) >= 11 is 0. The van der Waals surface area contributed by atoms with Gasteiger partial charge < -0.3 is 10.6 Å². The second-order valence-electron chi connectivity index (χ2n) is 4.59. The molecule has 1 fully saturated rings. The van der Waals surface area contributed by atoms with E-state index in [9.17, 15) is 0 Å². The third kappa shape index (κ3) is 2.21. The molecular weight excluding hydrogens is 184 g/mol. The van der Waals surface area contributed by atoms with Gasteiger partial charge in [-0.05, 0) is 24.6 Å². The van der Waals surface area contributed by atoms with Crippen molar-refractivity contribution in [3.05, 3.63) is 35.4 Å². The fourth-order valence-electron chi connectivity index (χ4n) is 2.39. The first kappa shape index (κ1) is 10.7. The smallest absolute Gasteiger partial charge is 0.0249 e. The van der Waals surface area contributed by atoms with Crippen LogP contribution in [0.1, 0.15) is 24.0 Å². The fourth-order valence-corrected chi connectivity index (χ4v) is 2.39. The van der Waals surface area contributed by atoms with Gasteiger partial charge in [0.25, 0.3) is 0 Å². The highest BCUT2D eigenvalue weighted by Gasteiger charge is 2.28. The Kier molecular flexibility index (Phi) is 3.08. The van der Waals surface area contributed by atoms with Crippen molar-refractivity contribution in [1.82, 2.24) is 4.90 Å². The first-order valence-corrected chi connectivity index (χ1v) is 5.73. The van der Waals surface area contributed by atoms with Gasteiger partial charge in [-0.15, -0.1) is 0 Å². The Bertz CT molecular complexity index is 318. The van der Waals surface area contributed by atoms with Crippen LogP contribution in [0.25, 0.3) is 0 Å². The van der Waals surface area contributed by atoms with Crippen LogP contribution in [0, 0.1) is 0 Å². The second kappa shape index (κ2) is 4.33. The number of likely N-dealkylation sites (tertiary alicyclic amines) is 1. The summed E-state index contributed by atoms with van der Waals surface area (Å²) in [4.78, 5) is 2.31. The minimum Gasteiger partial charge on any atom is -0.326 e. The summed E-state index contributed by atoms with van der Waals surface area (Å²) in [5.74, 6) is 0.515. The number of nitrogens with zero attached hydrogens (tertiary/aromatic N) is 1. The third-order valence-electron chi connectivity index (χ3n) is 3.36. The van der Waals surface area contributed by atoms with Gasteiger partial charge in [0.05, 0.1) is 0 Å². The van der Waals surface area contributed by atoms with Crippen LogP contribution in [0.4, 0.5) is 0 Å². The van der Waals surface area contributed by atoms with Gasteiger partial charge >= 0.3 is 0 Å². The molecule has 82 valence electrons. The maximum Gasteiger partial charge on any atom is 0.0249 e. The van der Waals surface area contributed by atoms with E-state index in [-0.39, 0.29) is 0 Å². The van der Waals surface area contributed by atoms with Crippen molar-refractivity contribution < 1.29 is 0 Å². The van der Waals surface area contributed by atoms with Gasteiger partial charge in [0.1, 0.15) is 0 Å². The van der Waals surface area contributed by atoms with E-state index in [1.165, 1.54) is 11.1 Å². The Morgan fingerprint density at radius 1 is 1.27 bits per heavy atom. The van der Waals surface area contributed by atoms with Crippen molar-refractivity contribution in [1.29, 1.82) is 0 Å². The highest BCUT2D eigenvalue weighted by atomic mass is 15.1. The molecule has 2 nitrogen and oxygen atoms in total. The van der Waals surface area contributed by atoms with Crippen LogP contribution in [0.3, 0.4) is 0 Å². The van der Waals surface area contributed by atoms with Gasteiger partial charge in [0.2, 0.25) is 0 Å². The monoisotopic (exact) mass is 204 g/mol. The Balaban J connectivity index is 2.15. The molecule has 1 saturated heterocycles. The Hall–Kier alpha value is -0.860. The molecular formula is C13H20N2. The molecule has 2 N–H and O–H groups in total. The molecule has 1 aromatic carbocycles. The summed E-state index contributed by atoms with van der Waals surface area (Å²) in [5, 5.41) is 0. The summed E-state index contributed by atoms with van der Waals surface area (Å²) < 4.78 is 0. The van der Waals surface area contributed by atoms with Crippen LogP contribution in [0.2, 0.25) is 0 Å². The summed E-state index contributed by atoms with van der Waals surface area (Å²) in [5.41, 5.74) is 8.92. The fraction of sp³-hybridized carbons (Fsp3) is 0.538. The Morgan fingerprint density at radius 3 is 2.40 bits per heavy atom. The minimum atomic E-state index is 0.294. The zero-order chi connectivity index (χ0) is 10.8. The molecule has 0 aromatic heterocycles. The summed E-state index contributed by atoms with van der Waals surface area (Å²) in [6.45, 7) is 4.29. The molecule has 15 heavy (non-hydrogen) atoms. The molecule has 1 aliphatic rings. The highest BCUT2D eigenvalue weighted by molar-refractivity contribution is 5.27. The first-order valence-electron chi connectivity index (χ1n) is 5.73. The van der Waals surface area contributed by atoms with Gasteiger partial charge in [-0.2, -0.15) is 0 Å². The quantitative estimate of drug-likeness (QED) is 0.793. The molecule has 1 aliphatic heterocycles. The summed E-state index contributed by atoms with van der Waals surface area (Å²) in [7, 11) is 2.14. The van der Waals surface area contributed by atoms with Crippen molar-refractivity contribution in [3.63, 3.8) is 0 Å². The number of benzene rings is 1. The molecule has 0 bridgehead atoms. The van der Waals surface area contributed by atoms with Gasteiger partial charge in [-0.25, -0.2) is 0 Å². The van der Waals surface area contributed by atoms with Crippen LogP contribution in [0.15, 0.2) is 24.3 Å². The summed E-state index contributed by atoms with van der Waals surface area (Å²) in [6, 6.07) is 9.22. The highest BCUT2D eigenvalue weighted by Crippen LogP contribution is 2.25. The molecule has 1 aromatic rings. The SMILES string of the molecule is CCc1ccc(C2CN(C)CC2N)cc1. The predicted octanol–water partition coefficient (Wildman–Crippen LogP) is 1.61. The van der Waals surface area contributed by atoms with Crippen LogP contribution in [0.5, 0.6) is 0 Å². The van der Waals surface area contributed by atoms with Gasteiger partial charge in [-0.1, -0.05) is 31.2 Å². The second-order valence-corrected chi connectivity index (χ2v) is 4.59. The Labute approximate surface area is 92.1 Å². The molecule has 2 rings (SSSR count). The van der Waals surface area contributed by atoms with Crippen molar-refractivity contribution >= 4 is 0 Å². The molecule has 0 aliphatic carbocycles. The summed E-state index contributed by atoms with van der Waals surface area (Å²) in [6.07, 6.45) is 1.11. The molecule has 0 saturated carbocycles. The maximum absolute atomic E-state index is 6.13. The maximum atomic E-state index is 6.13. The van der Waals surface area contributed by atoms with Crippen LogP contribution < -0.4 is 5.73 Å². The number of hydrogen-bond acceptors (Lipinski definition) is 2. The average molecular weight is 204 g/mol. The van der Waals surface area contributed by atoms with E-state index in [0.717, 1.165) is 19.5 Å². The number of rotatable bonds is 2. The van der Waals surface area contributed by atoms with Gasteiger partial charge in [0, 0.05) is 25.0 Å². The Morgan fingerprint density at radius 2 is 1.93 bits per heavy atom. The van der Waals surface area contributed by atoms with Crippen molar-refractivity contribution in [2.24, 2.45) is 5.73 Å². The van der Waals surface area contributed by atoms with E-state index in [1.807, 2.05) is 0 Å². The zero-order valence-electron chi connectivity index (χ0n) is 9.61. The van der Waals surface area contributed by atoms with E-state index in [1.54, 1.807) is 0 Å². The minimum absolute atomic E-state index is 0.294. The molecule has 0 amide bonds. The van der Waals surface area contributed by atoms with E-state index in [0.29, 0.717) is 12.0 Å². The van der Waals surface area contributed by atoms with E-state index >= 15 is 0 Å². The van der Waals surface area contributed by atoms with Crippen LogP contribution in [-0.2, 0) is 6.42 Å². The van der Waals surface area contributed by atoms with Crippen molar-refractivity contribution in [2.45, 2.75) is 25.3 Å². The third-order valence-corrected chi connectivity index (χ3v) is 3.36. The van der Waals surface area contributed by atoms with E-state index < -0.39 is 0 Å². The molecule has 0 spiro atoms. The molecule has 2 atom stereocenters. The van der Waals surface area contributed by atoms with E-state index in [2.05, 4.69) is 43.1 Å². The standard InChI is InChI=1S/C13H20N2/c1-3-10-4-6-11(7-5-10)12-8-15(2)9-13(12)14/h4-7,12-13H,3,8-9,14H2,1-2H3. The molecule has 2 heteroatoms. The zero-order valence-corrected chi connectivity index (χ0v) is 9.61. The predicted molar refractivity (Wildman–Crippen MR) is 64.0 cm³/mol. The molecule has 0 radical (unpaired) electrons. The van der Waals surface area contributed by atoms with Gasteiger partial charge in [0.15, 0.2) is 0 Å². The lowest BCUT2D eigenvalue weighted by atomic mass is 9.94. The number of nitrogens with two attached hydrogens (primary N) is 1. The van der Waals surface area contributed by atoms with Crippen molar-refractivity contribution in [2.75, 3.05) is 20.1 Å². The van der Waals surface area contributed by atoms with Gasteiger partial charge in [-0.3, -0.25) is 0 Å². The lowest BCUT2D eigenvalue weighted by Crippen LogP contribution is -2.27. The van der Waals surface area contributed by atoms with E-state index in [4.69, 9.17) is 5.73 Å². The molecule has 2 unspecified atom stereocenters. The normalized spacial score (nSPS) is 27.1.